The quantitative estimate of drug-likeness (QED) is 0.0161. The zero-order valence-corrected chi connectivity index (χ0v) is 45.5. The van der Waals surface area contributed by atoms with Crippen LogP contribution in [0.2, 0.25) is 18.1 Å². The summed E-state index contributed by atoms with van der Waals surface area (Å²) in [6.45, 7) is 15.7. The molecule has 6 rings (SSSR count). The van der Waals surface area contributed by atoms with Gasteiger partial charge in [0.25, 0.3) is 0 Å². The van der Waals surface area contributed by atoms with Crippen LogP contribution in [0.1, 0.15) is 76.1 Å². The first-order valence-corrected chi connectivity index (χ1v) is 29.4. The van der Waals surface area contributed by atoms with Gasteiger partial charge in [0.15, 0.2) is 27.0 Å². The van der Waals surface area contributed by atoms with Crippen molar-refractivity contribution < 1.29 is 79.9 Å². The van der Waals surface area contributed by atoms with Crippen molar-refractivity contribution in [1.29, 1.82) is 0 Å². The number of amides is 1. The molecule has 4 unspecified atom stereocenters. The monoisotopic (exact) mass is 1080 g/mol. The second-order valence-electron chi connectivity index (χ2n) is 19.7. The van der Waals surface area contributed by atoms with Crippen molar-refractivity contribution in [1.82, 2.24) is 5.32 Å². The molecule has 3 aromatic rings. The Kier molecular flexibility index (Phi) is 22.0. The van der Waals surface area contributed by atoms with Gasteiger partial charge in [0.2, 0.25) is 5.91 Å². The molecule has 11 atom stereocenters. The molecule has 2 saturated heterocycles. The van der Waals surface area contributed by atoms with E-state index in [9.17, 15) is 29.6 Å². The third-order valence-electron chi connectivity index (χ3n) is 13.3. The minimum absolute atomic E-state index is 0.00313. The van der Waals surface area contributed by atoms with Crippen LogP contribution in [0, 0.1) is 0 Å². The van der Waals surface area contributed by atoms with E-state index in [1.807, 2.05) is 94.5 Å². The largest absolute Gasteiger partial charge is 0.509 e. The summed E-state index contributed by atoms with van der Waals surface area (Å²) in [6.07, 6.45) is -12.3. The highest BCUT2D eigenvalue weighted by Gasteiger charge is 2.55. The summed E-state index contributed by atoms with van der Waals surface area (Å²) < 4.78 is 89.2. The lowest BCUT2D eigenvalue weighted by atomic mass is 9.95. The van der Waals surface area contributed by atoms with Crippen molar-refractivity contribution in [3.63, 3.8) is 0 Å². The van der Waals surface area contributed by atoms with E-state index in [1.165, 1.54) is 6.08 Å². The summed E-state index contributed by atoms with van der Waals surface area (Å²) in [4.78, 5) is 43.5. The van der Waals surface area contributed by atoms with Crippen molar-refractivity contribution in [2.24, 2.45) is 5.11 Å². The fraction of sp³-hybridized carbons (Fsp3) is 0.558. The molecule has 23 heteroatoms. The van der Waals surface area contributed by atoms with Crippen LogP contribution in [0.25, 0.3) is 10.4 Å². The van der Waals surface area contributed by atoms with Gasteiger partial charge in [-0.3, -0.25) is 23.2 Å². The molecule has 3 aliphatic heterocycles. The minimum Gasteiger partial charge on any atom is -0.462 e. The molecule has 0 spiro atoms. The minimum atomic E-state index is -4.60. The number of benzene rings is 3. The fourth-order valence-corrected chi connectivity index (χ4v) is 10.5. The third kappa shape index (κ3) is 16.7. The van der Waals surface area contributed by atoms with Crippen LogP contribution < -0.4 is 5.32 Å². The van der Waals surface area contributed by atoms with Gasteiger partial charge in [-0.2, -0.15) is 0 Å². The number of nitrogens with zero attached hydrogens (tertiary/aromatic N) is 3. The normalized spacial score (nSPS) is 26.0. The van der Waals surface area contributed by atoms with E-state index in [1.54, 1.807) is 38.1 Å². The van der Waals surface area contributed by atoms with Gasteiger partial charge in [0, 0.05) is 11.3 Å². The highest BCUT2D eigenvalue weighted by atomic mass is 31.2. The number of phosphoric ester groups is 1. The number of esters is 1. The Bertz CT molecular complexity index is 2400. The summed E-state index contributed by atoms with van der Waals surface area (Å²) in [5, 5.41) is 18.6. The number of aliphatic hydroxyl groups excluding tert-OH is 1. The topological polar surface area (TPSA) is 260 Å². The number of nitrogens with one attached hydrogen (secondary N) is 1. The highest BCUT2D eigenvalue weighted by Crippen LogP contribution is 2.55. The molecule has 75 heavy (non-hydrogen) atoms. The van der Waals surface area contributed by atoms with Crippen LogP contribution in [0.15, 0.2) is 103 Å². The molecule has 0 bridgehead atoms. The predicted molar refractivity (Wildman–Crippen MR) is 274 cm³/mol. The zero-order valence-electron chi connectivity index (χ0n) is 43.6. The molecule has 0 saturated carbocycles. The Labute approximate surface area is 439 Å². The van der Waals surface area contributed by atoms with E-state index in [4.69, 9.17) is 55.9 Å². The van der Waals surface area contributed by atoms with Crippen LogP contribution in [0.3, 0.4) is 0 Å². The second-order valence-corrected chi connectivity index (χ2v) is 26.1. The molecule has 410 valence electrons. The van der Waals surface area contributed by atoms with E-state index in [0.717, 1.165) is 11.1 Å². The number of azide groups is 1. The van der Waals surface area contributed by atoms with Gasteiger partial charge < -0.3 is 52.7 Å². The van der Waals surface area contributed by atoms with Gasteiger partial charge in [-0.1, -0.05) is 137 Å². The maximum atomic E-state index is 14.8. The number of fused-ring (bicyclic) bond motifs is 1. The summed E-state index contributed by atoms with van der Waals surface area (Å²) >= 11 is 0. The number of carbonyl (C=O) groups is 3. The molecule has 0 aliphatic carbocycles. The smallest absolute Gasteiger partial charge is 0.462 e. The van der Waals surface area contributed by atoms with Crippen LogP contribution in [0.5, 0.6) is 0 Å². The summed E-state index contributed by atoms with van der Waals surface area (Å²) in [5.41, 5.74) is 12.7. The highest BCUT2D eigenvalue weighted by molar-refractivity contribution is 7.48. The van der Waals surface area contributed by atoms with Crippen LogP contribution in [-0.2, 0) is 96.5 Å². The molecular weight excluding hydrogens is 1010 g/mol. The second kappa shape index (κ2) is 27.8. The van der Waals surface area contributed by atoms with E-state index >= 15 is 0 Å². The van der Waals surface area contributed by atoms with Gasteiger partial charge in [0.1, 0.15) is 49.2 Å². The lowest BCUT2D eigenvalue weighted by Gasteiger charge is -2.48. The lowest BCUT2D eigenvalue weighted by molar-refractivity contribution is -0.299. The first kappa shape index (κ1) is 59.2. The Hall–Kier alpha value is -5.03. The van der Waals surface area contributed by atoms with Crippen molar-refractivity contribution in [3.05, 3.63) is 130 Å². The lowest BCUT2D eigenvalue weighted by Crippen LogP contribution is -2.67. The Morgan fingerprint density at radius 2 is 1.48 bits per heavy atom. The molecule has 3 heterocycles. The average molecular weight is 1080 g/mol. The van der Waals surface area contributed by atoms with Crippen LogP contribution in [0.4, 0.5) is 4.79 Å². The standard InChI is InChI=1S/C52H71N4O17PSi/c1-9-26-63-51(60)71-48-44(54-41(57)27-38(10-2)68-42(58)11-3)49(69-39(32-62-28-34-20-14-12-15-21-34)47(48)72-74(61)66-30-36-24-18-19-25-37(36)31-67-74)65-33-40-46(64-29-35-22-16-13-17-23-35)45(59)43(55-56-53)50(70-40)73-75(7,8)52(4,5)6/h9,12-25,38-40,43-50,59H,1,10-11,26-33H2,2-8H3,(H,54,57)/t38-,39?,40?,43?,44?,45-,46+,47-,48-,49-,50+/m1/s1. The van der Waals surface area contributed by atoms with E-state index in [-0.39, 0.29) is 63.9 Å². The number of hydrogen-bond acceptors (Lipinski definition) is 18. The van der Waals surface area contributed by atoms with Crippen molar-refractivity contribution in [3.8, 4) is 0 Å². The first-order valence-electron chi connectivity index (χ1n) is 25.0. The summed E-state index contributed by atoms with van der Waals surface area (Å²) in [5.74, 6) is -1.22. The molecule has 21 nitrogen and oxygen atoms in total. The van der Waals surface area contributed by atoms with Crippen molar-refractivity contribution in [2.75, 3.05) is 19.8 Å². The molecule has 3 aromatic carbocycles. The Morgan fingerprint density at radius 1 is 0.880 bits per heavy atom. The summed E-state index contributed by atoms with van der Waals surface area (Å²) in [6, 6.07) is 22.8. The molecule has 1 amide bonds. The maximum Gasteiger partial charge on any atom is 0.509 e. The number of rotatable bonds is 24. The van der Waals surface area contributed by atoms with Crippen LogP contribution >= 0.6 is 7.82 Å². The Balaban J connectivity index is 1.42. The molecule has 2 N–H and O–H groups in total. The summed E-state index contributed by atoms with van der Waals surface area (Å²) in [7, 11) is -7.31. The average Bonchev–Trinajstić information content (AvgIpc) is 3.55. The molecular formula is C52H71N4O17PSi. The third-order valence-corrected chi connectivity index (χ3v) is 19.1. The number of aliphatic hydroxyl groups is 1. The zero-order chi connectivity index (χ0) is 54.2. The molecule has 0 aromatic heterocycles. The van der Waals surface area contributed by atoms with E-state index in [2.05, 4.69) is 21.9 Å². The van der Waals surface area contributed by atoms with Gasteiger partial charge in [-0.05, 0) is 52.3 Å². The SMILES string of the molecule is C=CCOC(=O)O[C@@H]1C(NC(=O)C[C@@H](CC)OC(=O)CC)[C@H](OCC2O[C@@H](O[Si](C)(C)C(C)(C)C)C(N=[N+]=[N-])[C@@H](O)[C@H]2OCc2ccccc2)OC(COCc2ccccc2)[C@H]1OP1(=O)OCc2ccccc2CO1. The van der Waals surface area contributed by atoms with Crippen molar-refractivity contribution in [2.45, 2.75) is 166 Å². The molecule has 0 radical (unpaired) electrons. The van der Waals surface area contributed by atoms with Crippen molar-refractivity contribution >= 4 is 34.2 Å². The number of hydrogen-bond donors (Lipinski definition) is 2. The van der Waals surface area contributed by atoms with Gasteiger partial charge in [-0.25, -0.2) is 9.36 Å². The molecule has 3 aliphatic rings. The van der Waals surface area contributed by atoms with E-state index < -0.39 is 108 Å². The molecule has 2 fully saturated rings. The van der Waals surface area contributed by atoms with Gasteiger partial charge in [-0.15, -0.1) is 0 Å². The van der Waals surface area contributed by atoms with Crippen LogP contribution in [-0.4, -0.2) is 119 Å². The number of phosphoric acid groups is 1. The van der Waals surface area contributed by atoms with Gasteiger partial charge >= 0.3 is 19.9 Å². The van der Waals surface area contributed by atoms with E-state index in [0.29, 0.717) is 11.1 Å². The maximum absolute atomic E-state index is 14.8. The van der Waals surface area contributed by atoms with Gasteiger partial charge in [0.05, 0.1) is 52.2 Å². The number of carbonyl (C=O) groups excluding carboxylic acids is 3. The Morgan fingerprint density at radius 3 is 2.07 bits per heavy atom. The fourth-order valence-electron chi connectivity index (χ4n) is 8.06. The predicted octanol–water partition coefficient (Wildman–Crippen LogP) is 8.87. The number of ether oxygens (including phenoxy) is 8. The first-order chi connectivity index (χ1) is 35.9.